The summed E-state index contributed by atoms with van der Waals surface area (Å²) in [6.07, 6.45) is -0.580. The second kappa shape index (κ2) is 7.21. The second-order valence-corrected chi connectivity index (χ2v) is 6.07. The molecule has 4 rings (SSSR count). The molecule has 0 atom stereocenters. The fraction of sp³-hybridized carbons (Fsp3) is 0.0476. The molecule has 1 aliphatic rings. The van der Waals surface area contributed by atoms with E-state index in [4.69, 9.17) is 4.74 Å². The van der Waals surface area contributed by atoms with Gasteiger partial charge in [0.05, 0.1) is 22.6 Å². The minimum absolute atomic E-state index is 0.176. The molecule has 27 heavy (non-hydrogen) atoms. The van der Waals surface area contributed by atoms with E-state index >= 15 is 0 Å². The van der Waals surface area contributed by atoms with Crippen molar-refractivity contribution in [2.24, 2.45) is 0 Å². The van der Waals surface area contributed by atoms with Crippen molar-refractivity contribution < 1.29 is 14.3 Å². The highest BCUT2D eigenvalue weighted by Crippen LogP contribution is 2.32. The zero-order valence-corrected chi connectivity index (χ0v) is 14.4. The molecule has 0 radical (unpaired) electrons. The summed E-state index contributed by atoms with van der Waals surface area (Å²) in [4.78, 5) is 24.6. The molecular formula is C21H17N3O3. The third-order valence-electron chi connectivity index (χ3n) is 4.17. The molecule has 0 aliphatic carbocycles. The first-order chi connectivity index (χ1) is 13.2. The predicted octanol–water partition coefficient (Wildman–Crippen LogP) is 4.74. The van der Waals surface area contributed by atoms with Crippen LogP contribution < -0.4 is 16.0 Å². The molecule has 1 aliphatic heterocycles. The van der Waals surface area contributed by atoms with Crippen molar-refractivity contribution in [3.8, 4) is 0 Å². The third-order valence-corrected chi connectivity index (χ3v) is 4.17. The molecule has 0 saturated carbocycles. The lowest BCUT2D eigenvalue weighted by Crippen LogP contribution is -2.15. The summed E-state index contributed by atoms with van der Waals surface area (Å²) in [7, 11) is 0. The van der Waals surface area contributed by atoms with E-state index < -0.39 is 6.09 Å². The van der Waals surface area contributed by atoms with Gasteiger partial charge in [0.2, 0.25) is 0 Å². The second-order valence-electron chi connectivity index (χ2n) is 6.07. The van der Waals surface area contributed by atoms with Gasteiger partial charge in [0, 0.05) is 5.69 Å². The van der Waals surface area contributed by atoms with Gasteiger partial charge in [-0.15, -0.1) is 0 Å². The molecule has 2 amide bonds. The maximum absolute atomic E-state index is 12.5. The average Bonchev–Trinajstić information content (AvgIpc) is 2.83. The molecule has 3 aromatic rings. The van der Waals surface area contributed by atoms with Gasteiger partial charge in [-0.2, -0.15) is 0 Å². The van der Waals surface area contributed by atoms with Crippen LogP contribution in [0.1, 0.15) is 15.9 Å². The minimum atomic E-state index is -0.580. The molecule has 6 nitrogen and oxygen atoms in total. The molecule has 6 heteroatoms. The van der Waals surface area contributed by atoms with Gasteiger partial charge in [-0.3, -0.25) is 10.1 Å². The molecule has 134 valence electrons. The normalized spacial score (nSPS) is 11.9. The Hall–Kier alpha value is -3.80. The number of carbonyl (C=O) groups excluding carboxylic acids is 2. The van der Waals surface area contributed by atoms with Crippen LogP contribution >= 0.6 is 0 Å². The van der Waals surface area contributed by atoms with Gasteiger partial charge in [-0.1, -0.05) is 42.5 Å². The number of hydrogen-bond donors (Lipinski definition) is 3. The summed E-state index contributed by atoms with van der Waals surface area (Å²) in [6, 6.07) is 22.0. The maximum atomic E-state index is 12.5. The lowest BCUT2D eigenvalue weighted by Gasteiger charge is -2.11. The van der Waals surface area contributed by atoms with Crippen molar-refractivity contribution >= 4 is 34.7 Å². The molecule has 0 aromatic heterocycles. The molecule has 0 fully saturated rings. The van der Waals surface area contributed by atoms with Crippen LogP contribution in [0.15, 0.2) is 72.8 Å². The Labute approximate surface area is 156 Å². The average molecular weight is 359 g/mol. The first kappa shape index (κ1) is 16.7. The summed E-state index contributed by atoms with van der Waals surface area (Å²) in [6.45, 7) is 0.176. The summed E-state index contributed by atoms with van der Waals surface area (Å²) < 4.78 is 5.21. The van der Waals surface area contributed by atoms with E-state index in [1.54, 1.807) is 18.2 Å². The van der Waals surface area contributed by atoms with Crippen LogP contribution in [0.4, 0.5) is 27.5 Å². The summed E-state index contributed by atoms with van der Waals surface area (Å²) in [5, 5.41) is 8.75. The lowest BCUT2D eigenvalue weighted by atomic mass is 10.1. The van der Waals surface area contributed by atoms with Crippen LogP contribution in [-0.4, -0.2) is 12.0 Å². The third kappa shape index (κ3) is 3.74. The number of amides is 2. The monoisotopic (exact) mass is 359 g/mol. The number of rotatable bonds is 3. The van der Waals surface area contributed by atoms with E-state index in [0.717, 1.165) is 11.3 Å². The van der Waals surface area contributed by atoms with Gasteiger partial charge in [0.25, 0.3) is 5.91 Å². The molecule has 0 spiro atoms. The Morgan fingerprint density at radius 2 is 1.56 bits per heavy atom. The fourth-order valence-electron chi connectivity index (χ4n) is 2.83. The van der Waals surface area contributed by atoms with E-state index in [2.05, 4.69) is 16.0 Å². The van der Waals surface area contributed by atoms with E-state index in [1.165, 1.54) is 0 Å². The van der Waals surface area contributed by atoms with Crippen molar-refractivity contribution in [2.75, 3.05) is 16.0 Å². The van der Waals surface area contributed by atoms with Gasteiger partial charge in [0.15, 0.2) is 0 Å². The topological polar surface area (TPSA) is 79.5 Å². The number of benzene rings is 3. The molecule has 0 bridgehead atoms. The molecular weight excluding hydrogens is 342 g/mol. The van der Waals surface area contributed by atoms with Gasteiger partial charge in [-0.05, 0) is 35.9 Å². The number of para-hydroxylation sites is 2. The highest BCUT2D eigenvalue weighted by atomic mass is 16.5. The van der Waals surface area contributed by atoms with E-state index in [1.807, 2.05) is 54.6 Å². The number of ether oxygens (including phenoxy) is 1. The summed E-state index contributed by atoms with van der Waals surface area (Å²) >= 11 is 0. The largest absolute Gasteiger partial charge is 0.444 e. The number of hydrogen-bond acceptors (Lipinski definition) is 4. The first-order valence-electron chi connectivity index (χ1n) is 8.48. The van der Waals surface area contributed by atoms with Crippen molar-refractivity contribution in [2.45, 2.75) is 6.61 Å². The Morgan fingerprint density at radius 3 is 2.33 bits per heavy atom. The zero-order valence-electron chi connectivity index (χ0n) is 14.4. The van der Waals surface area contributed by atoms with Crippen LogP contribution in [-0.2, 0) is 11.3 Å². The van der Waals surface area contributed by atoms with Gasteiger partial charge >= 0.3 is 6.09 Å². The van der Waals surface area contributed by atoms with Crippen LogP contribution in [0, 0.1) is 0 Å². The summed E-state index contributed by atoms with van der Waals surface area (Å²) in [5.41, 5.74) is 4.00. The molecule has 3 aromatic carbocycles. The van der Waals surface area contributed by atoms with Crippen molar-refractivity contribution in [1.82, 2.24) is 0 Å². The van der Waals surface area contributed by atoms with E-state index in [-0.39, 0.29) is 12.5 Å². The lowest BCUT2D eigenvalue weighted by molar-refractivity contribution is 0.102. The van der Waals surface area contributed by atoms with E-state index in [9.17, 15) is 9.59 Å². The number of anilines is 4. The Kier molecular flexibility index (Phi) is 4.45. The van der Waals surface area contributed by atoms with Gasteiger partial charge in [0.1, 0.15) is 6.61 Å². The van der Waals surface area contributed by atoms with Crippen LogP contribution in [0.5, 0.6) is 0 Å². The highest BCUT2D eigenvalue weighted by Gasteiger charge is 2.19. The van der Waals surface area contributed by atoms with Gasteiger partial charge in [-0.25, -0.2) is 4.79 Å². The molecule has 0 saturated heterocycles. The Balaban J connectivity index is 1.47. The fourth-order valence-corrected chi connectivity index (χ4v) is 2.83. The first-order valence-corrected chi connectivity index (χ1v) is 8.48. The summed E-state index contributed by atoms with van der Waals surface area (Å²) in [5.74, 6) is -0.247. The van der Waals surface area contributed by atoms with E-state index in [0.29, 0.717) is 22.6 Å². The Morgan fingerprint density at radius 1 is 0.852 bits per heavy atom. The maximum Gasteiger partial charge on any atom is 0.411 e. The van der Waals surface area contributed by atoms with Crippen LogP contribution in [0.25, 0.3) is 0 Å². The molecule has 0 unspecified atom stereocenters. The molecule has 3 N–H and O–H groups in total. The van der Waals surface area contributed by atoms with Gasteiger partial charge < -0.3 is 15.4 Å². The SMILES string of the molecule is O=C(Nc1ccc2c(c1)C(=O)Nc1ccccc1N2)OCc1ccccc1. The smallest absolute Gasteiger partial charge is 0.411 e. The highest BCUT2D eigenvalue weighted by molar-refractivity contribution is 6.12. The quantitative estimate of drug-likeness (QED) is 0.631. The predicted molar refractivity (Wildman–Crippen MR) is 104 cm³/mol. The van der Waals surface area contributed by atoms with Crippen molar-refractivity contribution in [3.05, 3.63) is 83.9 Å². The van der Waals surface area contributed by atoms with Crippen LogP contribution in [0.3, 0.4) is 0 Å². The molecule has 1 heterocycles. The standard InChI is InChI=1S/C21H17N3O3/c25-20-16-12-15(22-21(26)27-13-14-6-2-1-3-7-14)10-11-17(16)23-18-8-4-5-9-19(18)24-20/h1-12,23H,13H2,(H,22,26)(H,24,25). The van der Waals surface area contributed by atoms with Crippen LogP contribution in [0.2, 0.25) is 0 Å². The van der Waals surface area contributed by atoms with Crippen molar-refractivity contribution in [3.63, 3.8) is 0 Å². The number of carbonyl (C=O) groups is 2. The number of fused-ring (bicyclic) bond motifs is 2. The Bertz CT molecular complexity index is 1000. The van der Waals surface area contributed by atoms with Crippen molar-refractivity contribution in [1.29, 1.82) is 0 Å². The number of nitrogens with one attached hydrogen (secondary N) is 3. The zero-order chi connectivity index (χ0) is 18.6. The minimum Gasteiger partial charge on any atom is -0.444 e.